The van der Waals surface area contributed by atoms with Crippen molar-refractivity contribution >= 4 is 73.8 Å². The summed E-state index contributed by atoms with van der Waals surface area (Å²) in [7, 11) is -4.95. The van der Waals surface area contributed by atoms with Crippen LogP contribution in [0.15, 0.2) is 17.9 Å². The molecule has 0 radical (unpaired) electrons. The van der Waals surface area contributed by atoms with Gasteiger partial charge in [0.25, 0.3) is 10.1 Å². The van der Waals surface area contributed by atoms with Crippen molar-refractivity contribution in [3.05, 3.63) is 23.7 Å². The molecular weight excluding hydrogens is 600 g/mol. The minimum absolute atomic E-state index is 0.204. The van der Waals surface area contributed by atoms with Crippen molar-refractivity contribution in [1.82, 2.24) is 0 Å². The molecule has 0 spiro atoms. The molecule has 1 aromatic rings. The van der Waals surface area contributed by atoms with Crippen LogP contribution in [0.25, 0.3) is 0 Å². The second kappa shape index (κ2) is 7.21. The zero-order valence-corrected chi connectivity index (χ0v) is 17.0. The Hall–Kier alpha value is 0.570. The van der Waals surface area contributed by atoms with Gasteiger partial charge in [0.2, 0.25) is 6.10 Å². The molecule has 0 amide bonds. The summed E-state index contributed by atoms with van der Waals surface area (Å²) in [5.74, 6) is -3.02. The Bertz CT molecular complexity index is 663. The van der Waals surface area contributed by atoms with Crippen molar-refractivity contribution in [2.75, 3.05) is 5.75 Å². The lowest BCUT2D eigenvalue weighted by atomic mass is 10.3. The summed E-state index contributed by atoms with van der Waals surface area (Å²) in [6, 6.07) is 0. The minimum atomic E-state index is -5.08. The molecule has 0 aliphatic heterocycles. The molecule has 1 unspecified atom stereocenters. The van der Waals surface area contributed by atoms with E-state index in [0.29, 0.717) is 0 Å². The molecule has 0 heterocycles. The van der Waals surface area contributed by atoms with Crippen LogP contribution in [0.2, 0.25) is 0 Å². The Labute approximate surface area is 155 Å². The standard InChI is InChI=1S/C9H4Br4F4O4S/c10-3-5(12)8(6(13)4(11)7(3)14)21-2(9(15,16)17)1-22(18,19)20/h2H,1H2,(H,18,19,20). The molecule has 0 saturated heterocycles. The van der Waals surface area contributed by atoms with E-state index in [1.165, 1.54) is 0 Å². The highest BCUT2D eigenvalue weighted by Crippen LogP contribution is 2.46. The van der Waals surface area contributed by atoms with Gasteiger partial charge in [-0.05, 0) is 63.7 Å². The van der Waals surface area contributed by atoms with Crippen LogP contribution in [-0.2, 0) is 10.1 Å². The second-order valence-corrected chi connectivity index (χ2v) is 8.46. The molecular formula is C9H4Br4F4O4S. The summed E-state index contributed by atoms with van der Waals surface area (Å²) in [6.07, 6.45) is -7.93. The number of benzene rings is 1. The van der Waals surface area contributed by atoms with Crippen LogP contribution < -0.4 is 4.74 Å². The topological polar surface area (TPSA) is 63.6 Å². The first-order chi connectivity index (χ1) is 9.75. The number of halogens is 8. The second-order valence-electron chi connectivity index (χ2n) is 3.80. The molecule has 22 heavy (non-hydrogen) atoms. The average Bonchev–Trinajstić information content (AvgIpc) is 2.35. The van der Waals surface area contributed by atoms with E-state index in [2.05, 4.69) is 68.5 Å². The van der Waals surface area contributed by atoms with E-state index in [1.54, 1.807) is 0 Å². The molecule has 0 bridgehead atoms. The number of hydrogen-bond donors (Lipinski definition) is 1. The summed E-state index contributed by atoms with van der Waals surface area (Å²) in [6.45, 7) is 0. The number of alkyl halides is 3. The lowest BCUT2D eigenvalue weighted by Gasteiger charge is -2.23. The van der Waals surface area contributed by atoms with E-state index in [4.69, 9.17) is 4.55 Å². The van der Waals surface area contributed by atoms with Crippen molar-refractivity contribution in [2.24, 2.45) is 0 Å². The first-order valence-electron chi connectivity index (χ1n) is 4.95. The highest BCUT2D eigenvalue weighted by molar-refractivity contribution is 9.14. The van der Waals surface area contributed by atoms with Crippen molar-refractivity contribution in [1.29, 1.82) is 0 Å². The van der Waals surface area contributed by atoms with E-state index >= 15 is 0 Å². The van der Waals surface area contributed by atoms with E-state index in [1.807, 2.05) is 0 Å². The quantitative estimate of drug-likeness (QED) is 0.226. The van der Waals surface area contributed by atoms with Crippen LogP contribution in [0.3, 0.4) is 0 Å². The van der Waals surface area contributed by atoms with Gasteiger partial charge < -0.3 is 4.74 Å². The predicted octanol–water partition coefficient (Wildman–Crippen LogP) is 5.07. The van der Waals surface area contributed by atoms with Gasteiger partial charge in [-0.2, -0.15) is 21.6 Å². The smallest absolute Gasteiger partial charge is 0.426 e. The SMILES string of the molecule is O=S(=O)(O)CC(Oc1c(Br)c(Br)c(F)c(Br)c1Br)C(F)(F)F. The summed E-state index contributed by atoms with van der Waals surface area (Å²) < 4.78 is 86.1. The fourth-order valence-corrected chi connectivity index (χ4v) is 4.08. The Morgan fingerprint density at radius 3 is 1.77 bits per heavy atom. The molecule has 1 atom stereocenters. The monoisotopic (exact) mass is 600 g/mol. The van der Waals surface area contributed by atoms with Crippen molar-refractivity contribution in [3.63, 3.8) is 0 Å². The maximum absolute atomic E-state index is 13.7. The third-order valence-corrected chi connectivity index (χ3v) is 6.95. The van der Waals surface area contributed by atoms with Gasteiger partial charge in [0.05, 0.1) is 17.9 Å². The highest BCUT2D eigenvalue weighted by atomic mass is 79.9. The maximum Gasteiger partial charge on any atom is 0.426 e. The third kappa shape index (κ3) is 5.03. The van der Waals surface area contributed by atoms with Crippen LogP contribution in [0.5, 0.6) is 5.75 Å². The molecule has 0 saturated carbocycles. The molecule has 0 aliphatic rings. The lowest BCUT2D eigenvalue weighted by molar-refractivity contribution is -0.188. The van der Waals surface area contributed by atoms with E-state index in [9.17, 15) is 26.0 Å². The molecule has 4 nitrogen and oxygen atoms in total. The van der Waals surface area contributed by atoms with Crippen LogP contribution in [0, 0.1) is 5.82 Å². The van der Waals surface area contributed by atoms with E-state index < -0.39 is 39.7 Å². The summed E-state index contributed by atoms with van der Waals surface area (Å²) in [4.78, 5) is 0. The number of ether oxygens (including phenoxy) is 1. The van der Waals surface area contributed by atoms with Crippen molar-refractivity contribution in [3.8, 4) is 5.75 Å². The largest absolute Gasteiger partial charge is 0.477 e. The first kappa shape index (κ1) is 20.6. The minimum Gasteiger partial charge on any atom is -0.477 e. The Morgan fingerprint density at radius 1 is 1.05 bits per heavy atom. The van der Waals surface area contributed by atoms with Gasteiger partial charge in [0.1, 0.15) is 5.75 Å². The molecule has 126 valence electrons. The van der Waals surface area contributed by atoms with Crippen molar-refractivity contribution < 1.29 is 35.3 Å². The maximum atomic E-state index is 13.7. The van der Waals surface area contributed by atoms with Crippen LogP contribution in [0.4, 0.5) is 17.6 Å². The highest BCUT2D eigenvalue weighted by Gasteiger charge is 2.45. The van der Waals surface area contributed by atoms with Crippen molar-refractivity contribution in [2.45, 2.75) is 12.3 Å². The van der Waals surface area contributed by atoms with Gasteiger partial charge in [0, 0.05) is 0 Å². The van der Waals surface area contributed by atoms with Gasteiger partial charge >= 0.3 is 6.18 Å². The van der Waals surface area contributed by atoms with E-state index in [-0.39, 0.29) is 17.9 Å². The van der Waals surface area contributed by atoms with Gasteiger partial charge in [-0.15, -0.1) is 0 Å². The summed E-state index contributed by atoms with van der Waals surface area (Å²) in [5.41, 5.74) is 0. The summed E-state index contributed by atoms with van der Waals surface area (Å²) >= 11 is 11.3. The van der Waals surface area contributed by atoms with Crippen LogP contribution in [0.1, 0.15) is 0 Å². The number of rotatable bonds is 4. The molecule has 13 heteroatoms. The fourth-order valence-electron chi connectivity index (χ4n) is 1.22. The summed E-state index contributed by atoms with van der Waals surface area (Å²) in [5, 5.41) is 0. The zero-order chi connectivity index (χ0) is 17.5. The third-order valence-electron chi connectivity index (χ3n) is 2.16. The fraction of sp³-hybridized carbons (Fsp3) is 0.333. The molecule has 1 rings (SSSR count). The molecule has 1 aromatic carbocycles. The molecule has 0 aromatic heterocycles. The van der Waals surface area contributed by atoms with Crippen LogP contribution >= 0.6 is 63.7 Å². The Balaban J connectivity index is 3.37. The van der Waals surface area contributed by atoms with Gasteiger partial charge in [0.15, 0.2) is 11.6 Å². The normalized spacial score (nSPS) is 14.0. The van der Waals surface area contributed by atoms with E-state index in [0.717, 1.165) is 0 Å². The Kier molecular flexibility index (Phi) is 6.76. The van der Waals surface area contributed by atoms with Crippen LogP contribution in [-0.4, -0.2) is 31.0 Å². The van der Waals surface area contributed by atoms with Gasteiger partial charge in [-0.1, -0.05) is 0 Å². The molecule has 1 N–H and O–H groups in total. The number of hydrogen-bond acceptors (Lipinski definition) is 3. The first-order valence-corrected chi connectivity index (χ1v) is 9.73. The average molecular weight is 604 g/mol. The lowest BCUT2D eigenvalue weighted by Crippen LogP contribution is -2.40. The predicted molar refractivity (Wildman–Crippen MR) is 84.1 cm³/mol. The zero-order valence-electron chi connectivity index (χ0n) is 9.89. The molecule has 0 aliphatic carbocycles. The van der Waals surface area contributed by atoms with Gasteiger partial charge in [-0.3, -0.25) is 4.55 Å². The van der Waals surface area contributed by atoms with Gasteiger partial charge in [-0.25, -0.2) is 4.39 Å². The Morgan fingerprint density at radius 2 is 1.45 bits per heavy atom. The molecule has 0 fully saturated rings.